The van der Waals surface area contributed by atoms with Crippen molar-refractivity contribution in [2.24, 2.45) is 0 Å². The van der Waals surface area contributed by atoms with Gasteiger partial charge in [0.25, 0.3) is 11.7 Å². The average Bonchev–Trinajstić information content (AvgIpc) is 3.29. The minimum atomic E-state index is -0.894. The number of carbonyl (C=O) groups is 2. The van der Waals surface area contributed by atoms with Crippen LogP contribution in [0.25, 0.3) is 5.76 Å². The Bertz CT molecular complexity index is 1160. The number of aromatic hydroxyl groups is 1. The SMILES string of the molecule is COCCN1C(=O)C(=O)/C(=C(/O)c2ccc3c(c2)CC(C)O3)C1c1cc(Br)c(O)c(OC)c1. The molecule has 4 rings (SSSR count). The van der Waals surface area contributed by atoms with E-state index in [9.17, 15) is 19.8 Å². The lowest BCUT2D eigenvalue weighted by molar-refractivity contribution is -0.140. The molecule has 0 spiro atoms. The molecule has 9 heteroatoms. The average molecular weight is 518 g/mol. The second-order valence-corrected chi connectivity index (χ2v) is 8.85. The molecule has 2 unspecified atom stereocenters. The van der Waals surface area contributed by atoms with E-state index in [1.807, 2.05) is 6.92 Å². The summed E-state index contributed by atoms with van der Waals surface area (Å²) in [7, 11) is 2.90. The number of rotatable bonds is 6. The molecule has 0 bridgehead atoms. The summed E-state index contributed by atoms with van der Waals surface area (Å²) in [4.78, 5) is 27.4. The maximum Gasteiger partial charge on any atom is 0.295 e. The number of fused-ring (bicyclic) bond motifs is 1. The number of amides is 1. The fourth-order valence-corrected chi connectivity index (χ4v) is 4.74. The standard InChI is InChI=1S/C24H24BrNO7/c1-12-8-14-9-13(4-5-17(14)33-12)21(27)19-20(26(6-7-31-2)24(30)23(19)29)15-10-16(25)22(28)18(11-15)32-3/h4-5,9-12,20,27-28H,6-8H2,1-3H3/b21-19+. The maximum atomic E-state index is 13.1. The Balaban J connectivity index is 1.88. The van der Waals surface area contributed by atoms with Gasteiger partial charge in [0.2, 0.25) is 0 Å². The highest BCUT2D eigenvalue weighted by Crippen LogP contribution is 2.44. The molecule has 1 saturated heterocycles. The van der Waals surface area contributed by atoms with E-state index in [0.29, 0.717) is 22.0 Å². The molecular formula is C24H24BrNO7. The van der Waals surface area contributed by atoms with Crippen LogP contribution in [0, 0.1) is 0 Å². The molecule has 174 valence electrons. The fourth-order valence-electron chi connectivity index (χ4n) is 4.28. The maximum absolute atomic E-state index is 13.1. The molecule has 2 heterocycles. The van der Waals surface area contributed by atoms with Crippen molar-refractivity contribution in [1.82, 2.24) is 4.90 Å². The Labute approximate surface area is 199 Å². The van der Waals surface area contributed by atoms with Crippen molar-refractivity contribution in [2.75, 3.05) is 27.4 Å². The molecule has 0 aromatic heterocycles. The zero-order valence-electron chi connectivity index (χ0n) is 18.4. The number of aliphatic hydroxyl groups is 1. The summed E-state index contributed by atoms with van der Waals surface area (Å²) >= 11 is 3.29. The molecule has 2 aliphatic heterocycles. The summed E-state index contributed by atoms with van der Waals surface area (Å²) in [6, 6.07) is 7.45. The van der Waals surface area contributed by atoms with E-state index in [1.165, 1.54) is 19.1 Å². The van der Waals surface area contributed by atoms with Crippen LogP contribution in [0.4, 0.5) is 0 Å². The minimum absolute atomic E-state index is 0.0267. The zero-order valence-corrected chi connectivity index (χ0v) is 20.0. The third-order valence-electron chi connectivity index (χ3n) is 5.83. The first-order valence-corrected chi connectivity index (χ1v) is 11.2. The van der Waals surface area contributed by atoms with Gasteiger partial charge in [-0.1, -0.05) is 0 Å². The number of aliphatic hydroxyl groups excluding tert-OH is 1. The second kappa shape index (κ2) is 9.07. The van der Waals surface area contributed by atoms with Crippen molar-refractivity contribution in [1.29, 1.82) is 0 Å². The van der Waals surface area contributed by atoms with E-state index in [0.717, 1.165) is 11.3 Å². The number of methoxy groups -OCH3 is 2. The van der Waals surface area contributed by atoms with Crippen LogP contribution in [-0.4, -0.2) is 60.3 Å². The van der Waals surface area contributed by atoms with Gasteiger partial charge in [-0.25, -0.2) is 0 Å². The second-order valence-electron chi connectivity index (χ2n) is 7.99. The molecule has 8 nitrogen and oxygen atoms in total. The number of phenolic OH excluding ortho intramolecular Hbond substituents is 1. The quantitative estimate of drug-likeness (QED) is 0.342. The normalized spacial score (nSPS) is 21.3. The lowest BCUT2D eigenvalue weighted by Gasteiger charge is -2.25. The Kier molecular flexibility index (Phi) is 6.36. The van der Waals surface area contributed by atoms with Gasteiger partial charge in [0, 0.05) is 25.6 Å². The van der Waals surface area contributed by atoms with E-state index in [4.69, 9.17) is 14.2 Å². The van der Waals surface area contributed by atoms with Crippen LogP contribution in [0.5, 0.6) is 17.2 Å². The number of likely N-dealkylation sites (tertiary alicyclic amines) is 1. The number of phenols is 1. The highest BCUT2D eigenvalue weighted by molar-refractivity contribution is 9.10. The number of halogens is 1. The molecule has 33 heavy (non-hydrogen) atoms. The number of ether oxygens (including phenoxy) is 3. The summed E-state index contributed by atoms with van der Waals surface area (Å²) in [6.45, 7) is 2.30. The van der Waals surface area contributed by atoms with Gasteiger partial charge in [-0.2, -0.15) is 0 Å². The van der Waals surface area contributed by atoms with Gasteiger partial charge in [-0.3, -0.25) is 9.59 Å². The first kappa shape index (κ1) is 23.1. The fraction of sp³-hybridized carbons (Fsp3) is 0.333. The Morgan fingerprint density at radius 1 is 1.24 bits per heavy atom. The molecular weight excluding hydrogens is 494 g/mol. The molecule has 2 aliphatic rings. The summed E-state index contributed by atoms with van der Waals surface area (Å²) in [5.41, 5.74) is 1.80. The van der Waals surface area contributed by atoms with Crippen LogP contribution in [0.15, 0.2) is 40.4 Å². The Morgan fingerprint density at radius 3 is 2.70 bits per heavy atom. The van der Waals surface area contributed by atoms with Crippen LogP contribution in [-0.2, 0) is 20.7 Å². The summed E-state index contributed by atoms with van der Waals surface area (Å²) in [6.07, 6.45) is 0.711. The first-order valence-electron chi connectivity index (χ1n) is 10.4. The van der Waals surface area contributed by atoms with Gasteiger partial charge >= 0.3 is 0 Å². The highest BCUT2D eigenvalue weighted by Gasteiger charge is 2.46. The van der Waals surface area contributed by atoms with Crippen molar-refractivity contribution >= 4 is 33.4 Å². The van der Waals surface area contributed by atoms with Gasteiger partial charge in [-0.05, 0) is 64.3 Å². The van der Waals surface area contributed by atoms with Crippen LogP contribution in [0.1, 0.15) is 29.7 Å². The monoisotopic (exact) mass is 517 g/mol. The van der Waals surface area contributed by atoms with Crippen molar-refractivity contribution in [3.05, 3.63) is 57.1 Å². The van der Waals surface area contributed by atoms with Crippen molar-refractivity contribution in [2.45, 2.75) is 25.5 Å². The van der Waals surface area contributed by atoms with Crippen molar-refractivity contribution < 1.29 is 34.0 Å². The first-order chi connectivity index (χ1) is 15.8. The predicted molar refractivity (Wildman–Crippen MR) is 123 cm³/mol. The molecule has 0 aliphatic carbocycles. The summed E-state index contributed by atoms with van der Waals surface area (Å²) in [5, 5.41) is 21.5. The van der Waals surface area contributed by atoms with E-state index in [-0.39, 0.29) is 42.1 Å². The number of carbonyl (C=O) groups excluding carboxylic acids is 2. The molecule has 0 saturated carbocycles. The lowest BCUT2D eigenvalue weighted by Crippen LogP contribution is -2.32. The number of hydrogen-bond acceptors (Lipinski definition) is 7. The highest BCUT2D eigenvalue weighted by atomic mass is 79.9. The van der Waals surface area contributed by atoms with Gasteiger partial charge in [0.15, 0.2) is 11.5 Å². The topological polar surface area (TPSA) is 106 Å². The molecule has 2 aromatic carbocycles. The Hall–Kier alpha value is -3.04. The van der Waals surface area contributed by atoms with Gasteiger partial charge in [0.05, 0.1) is 29.8 Å². The number of Topliss-reactive ketones (excluding diaryl/α,β-unsaturated/α-hetero) is 1. The number of ketones is 1. The van der Waals surface area contributed by atoms with Crippen LogP contribution < -0.4 is 9.47 Å². The van der Waals surface area contributed by atoms with E-state index in [1.54, 1.807) is 30.3 Å². The Morgan fingerprint density at radius 2 is 2.00 bits per heavy atom. The van der Waals surface area contributed by atoms with Gasteiger partial charge in [0.1, 0.15) is 17.6 Å². The molecule has 1 amide bonds. The van der Waals surface area contributed by atoms with Crippen LogP contribution >= 0.6 is 15.9 Å². The minimum Gasteiger partial charge on any atom is -0.507 e. The number of nitrogens with zero attached hydrogens (tertiary/aromatic N) is 1. The van der Waals surface area contributed by atoms with E-state index >= 15 is 0 Å². The van der Waals surface area contributed by atoms with Crippen LogP contribution in [0.2, 0.25) is 0 Å². The third-order valence-corrected chi connectivity index (χ3v) is 6.44. The molecule has 1 fully saturated rings. The van der Waals surface area contributed by atoms with Gasteiger partial charge < -0.3 is 29.3 Å². The number of hydrogen-bond donors (Lipinski definition) is 2. The van der Waals surface area contributed by atoms with Crippen molar-refractivity contribution in [3.63, 3.8) is 0 Å². The summed E-state index contributed by atoms with van der Waals surface area (Å²) in [5.74, 6) is -1.00. The van der Waals surface area contributed by atoms with Crippen LogP contribution in [0.3, 0.4) is 0 Å². The van der Waals surface area contributed by atoms with E-state index < -0.39 is 17.7 Å². The van der Waals surface area contributed by atoms with Gasteiger partial charge in [-0.15, -0.1) is 0 Å². The van der Waals surface area contributed by atoms with E-state index in [2.05, 4.69) is 15.9 Å². The molecule has 2 N–H and O–H groups in total. The summed E-state index contributed by atoms with van der Waals surface area (Å²) < 4.78 is 16.4. The zero-order chi connectivity index (χ0) is 23.9. The molecule has 0 radical (unpaired) electrons. The molecule has 2 aromatic rings. The number of benzene rings is 2. The third kappa shape index (κ3) is 4.06. The largest absolute Gasteiger partial charge is 0.507 e. The smallest absolute Gasteiger partial charge is 0.295 e. The van der Waals surface area contributed by atoms with Crippen molar-refractivity contribution in [3.8, 4) is 17.2 Å². The predicted octanol–water partition coefficient (Wildman–Crippen LogP) is 3.55. The lowest BCUT2D eigenvalue weighted by atomic mass is 9.94. The molecule has 2 atom stereocenters.